The SMILES string of the molecule is COc1ccc(C(=O)C=[N+]=[N-])cc1Cl. The van der Waals surface area contributed by atoms with Crippen LogP contribution in [0.1, 0.15) is 10.4 Å². The van der Waals surface area contributed by atoms with Crippen molar-refractivity contribution in [3.05, 3.63) is 34.3 Å². The molecule has 0 fully saturated rings. The highest BCUT2D eigenvalue weighted by atomic mass is 35.5. The Morgan fingerprint density at radius 3 is 2.86 bits per heavy atom. The van der Waals surface area contributed by atoms with E-state index in [-0.39, 0.29) is 0 Å². The number of benzene rings is 1. The van der Waals surface area contributed by atoms with E-state index in [0.29, 0.717) is 16.3 Å². The maximum Gasteiger partial charge on any atom is 0.328 e. The number of hydrogen-bond donors (Lipinski definition) is 0. The summed E-state index contributed by atoms with van der Waals surface area (Å²) < 4.78 is 4.91. The minimum atomic E-state index is -0.419. The van der Waals surface area contributed by atoms with Gasteiger partial charge >= 0.3 is 6.21 Å². The summed E-state index contributed by atoms with van der Waals surface area (Å²) in [7, 11) is 1.48. The molecular formula is C9H7ClN2O2. The summed E-state index contributed by atoms with van der Waals surface area (Å²) in [6.45, 7) is 0. The van der Waals surface area contributed by atoms with Crippen LogP contribution in [-0.2, 0) is 0 Å². The van der Waals surface area contributed by atoms with Crippen molar-refractivity contribution in [3.8, 4) is 5.75 Å². The number of rotatable bonds is 3. The number of carbonyl (C=O) groups is 1. The molecule has 0 radical (unpaired) electrons. The average Bonchev–Trinajstić information content (AvgIpc) is 2.18. The lowest BCUT2D eigenvalue weighted by Gasteiger charge is -2.02. The van der Waals surface area contributed by atoms with Crippen LogP contribution in [0.3, 0.4) is 0 Å². The molecule has 0 aromatic heterocycles. The molecule has 0 aliphatic heterocycles. The van der Waals surface area contributed by atoms with E-state index in [9.17, 15) is 4.79 Å². The van der Waals surface area contributed by atoms with Gasteiger partial charge in [-0.3, -0.25) is 4.79 Å². The molecule has 0 unspecified atom stereocenters. The first-order chi connectivity index (χ1) is 6.69. The molecule has 0 saturated carbocycles. The zero-order valence-corrected chi connectivity index (χ0v) is 8.15. The number of methoxy groups -OCH3 is 1. The Balaban J connectivity index is 3.08. The third-order valence-corrected chi connectivity index (χ3v) is 1.91. The minimum Gasteiger partial charge on any atom is -0.495 e. The van der Waals surface area contributed by atoms with Gasteiger partial charge in [-0.05, 0) is 18.2 Å². The fraction of sp³-hybridized carbons (Fsp3) is 0.111. The second-order valence-electron chi connectivity index (χ2n) is 2.46. The van der Waals surface area contributed by atoms with Crippen molar-refractivity contribution in [1.29, 1.82) is 0 Å². The zero-order valence-electron chi connectivity index (χ0n) is 7.40. The molecule has 0 atom stereocenters. The highest BCUT2D eigenvalue weighted by Gasteiger charge is 2.09. The molecule has 1 aromatic rings. The summed E-state index contributed by atoms with van der Waals surface area (Å²) >= 11 is 5.79. The maximum absolute atomic E-state index is 11.2. The van der Waals surface area contributed by atoms with Crippen LogP contribution < -0.4 is 4.74 Å². The van der Waals surface area contributed by atoms with E-state index >= 15 is 0 Å². The predicted octanol–water partition coefficient (Wildman–Crippen LogP) is 1.83. The number of ether oxygens (including phenoxy) is 1. The Bertz CT molecular complexity index is 411. The summed E-state index contributed by atoms with van der Waals surface area (Å²) in [5, 5.41) is 0.338. The van der Waals surface area contributed by atoms with E-state index in [1.165, 1.54) is 19.2 Å². The second kappa shape index (κ2) is 4.56. The number of nitrogens with zero attached hydrogens (tertiary/aromatic N) is 2. The summed E-state index contributed by atoms with van der Waals surface area (Å²) in [6, 6.07) is 4.56. The molecule has 0 aliphatic rings. The first-order valence-corrected chi connectivity index (χ1v) is 4.12. The predicted molar refractivity (Wildman–Crippen MR) is 52.0 cm³/mol. The molecule has 5 heteroatoms. The van der Waals surface area contributed by atoms with Gasteiger partial charge in [-0.25, -0.2) is 0 Å². The van der Waals surface area contributed by atoms with E-state index in [1.807, 2.05) is 0 Å². The van der Waals surface area contributed by atoms with Gasteiger partial charge in [0.1, 0.15) is 5.75 Å². The van der Waals surface area contributed by atoms with Crippen LogP contribution in [0.4, 0.5) is 0 Å². The van der Waals surface area contributed by atoms with E-state index in [1.54, 1.807) is 6.07 Å². The molecule has 0 amide bonds. The highest BCUT2D eigenvalue weighted by Crippen LogP contribution is 2.24. The van der Waals surface area contributed by atoms with Crippen LogP contribution in [0.5, 0.6) is 5.75 Å². The molecule has 1 aromatic carbocycles. The number of carbonyl (C=O) groups excluding carboxylic acids is 1. The van der Waals surface area contributed by atoms with E-state index in [2.05, 4.69) is 4.79 Å². The second-order valence-corrected chi connectivity index (χ2v) is 2.87. The summed E-state index contributed by atoms with van der Waals surface area (Å²) in [4.78, 5) is 13.8. The van der Waals surface area contributed by atoms with Crippen molar-refractivity contribution in [3.63, 3.8) is 0 Å². The van der Waals surface area contributed by atoms with Crippen molar-refractivity contribution in [2.24, 2.45) is 0 Å². The monoisotopic (exact) mass is 210 g/mol. The Labute approximate surface area is 85.7 Å². The fourth-order valence-electron chi connectivity index (χ4n) is 0.947. The topological polar surface area (TPSA) is 62.7 Å². The van der Waals surface area contributed by atoms with Gasteiger partial charge < -0.3 is 10.3 Å². The van der Waals surface area contributed by atoms with Crippen LogP contribution in [0.25, 0.3) is 5.53 Å². The Hall–Kier alpha value is -1.64. The Morgan fingerprint density at radius 1 is 1.64 bits per heavy atom. The largest absolute Gasteiger partial charge is 0.495 e. The normalized spacial score (nSPS) is 9.00. The first-order valence-electron chi connectivity index (χ1n) is 3.74. The maximum atomic E-state index is 11.2. The van der Waals surface area contributed by atoms with Gasteiger partial charge in [-0.15, -0.1) is 0 Å². The first kappa shape index (κ1) is 10.4. The van der Waals surface area contributed by atoms with Gasteiger partial charge in [-0.2, -0.15) is 4.79 Å². The highest BCUT2D eigenvalue weighted by molar-refractivity contribution is 6.36. The molecule has 0 heterocycles. The fourth-order valence-corrected chi connectivity index (χ4v) is 1.20. The molecule has 4 nitrogen and oxygen atoms in total. The number of Topliss-reactive ketones (excluding diaryl/α,β-unsaturated/α-hetero) is 1. The number of ketones is 1. The van der Waals surface area contributed by atoms with E-state index < -0.39 is 5.78 Å². The Morgan fingerprint density at radius 2 is 2.36 bits per heavy atom. The molecule has 14 heavy (non-hydrogen) atoms. The van der Waals surface area contributed by atoms with Crippen LogP contribution in [-0.4, -0.2) is 23.9 Å². The van der Waals surface area contributed by atoms with Crippen molar-refractivity contribution in [1.82, 2.24) is 0 Å². The van der Waals surface area contributed by atoms with Crippen LogP contribution in [0, 0.1) is 0 Å². The number of halogens is 1. The third-order valence-electron chi connectivity index (χ3n) is 1.61. The van der Waals surface area contributed by atoms with Gasteiger partial charge in [-0.1, -0.05) is 11.6 Å². The molecule has 0 bridgehead atoms. The Kier molecular flexibility index (Phi) is 3.40. The molecule has 72 valence electrons. The van der Waals surface area contributed by atoms with E-state index in [4.69, 9.17) is 21.9 Å². The molecular weight excluding hydrogens is 204 g/mol. The molecule has 0 saturated heterocycles. The lowest BCUT2D eigenvalue weighted by atomic mass is 10.1. The quantitative estimate of drug-likeness (QED) is 0.331. The summed E-state index contributed by atoms with van der Waals surface area (Å²) in [5.41, 5.74) is 8.50. The van der Waals surface area contributed by atoms with Crippen molar-refractivity contribution < 1.29 is 14.3 Å². The molecule has 0 N–H and O–H groups in total. The molecule has 0 aliphatic carbocycles. The standard InChI is InChI=1S/C9H7ClN2O2/c1-14-9-3-2-6(4-7(9)10)8(13)5-12-11/h2-5H,1H3. The minimum absolute atomic E-state index is 0.338. The molecule has 1 rings (SSSR count). The smallest absolute Gasteiger partial charge is 0.328 e. The van der Waals surface area contributed by atoms with Gasteiger partial charge in [0.25, 0.3) is 5.78 Å². The third kappa shape index (κ3) is 2.19. The summed E-state index contributed by atoms with van der Waals surface area (Å²) in [6.07, 6.45) is 0.804. The van der Waals surface area contributed by atoms with E-state index in [0.717, 1.165) is 6.21 Å². The van der Waals surface area contributed by atoms with Crippen molar-refractivity contribution >= 4 is 23.6 Å². The van der Waals surface area contributed by atoms with Gasteiger partial charge in [0.05, 0.1) is 12.1 Å². The number of hydrogen-bond acceptors (Lipinski definition) is 2. The average molecular weight is 211 g/mol. The van der Waals surface area contributed by atoms with Gasteiger partial charge in [0.2, 0.25) is 0 Å². The van der Waals surface area contributed by atoms with Crippen molar-refractivity contribution in [2.45, 2.75) is 0 Å². The van der Waals surface area contributed by atoms with Crippen LogP contribution in [0.15, 0.2) is 18.2 Å². The lowest BCUT2D eigenvalue weighted by Crippen LogP contribution is -2.00. The lowest BCUT2D eigenvalue weighted by molar-refractivity contribution is 0.00235. The summed E-state index contributed by atoms with van der Waals surface area (Å²) in [5.74, 6) is 0.0706. The van der Waals surface area contributed by atoms with Gasteiger partial charge in [0, 0.05) is 5.56 Å². The van der Waals surface area contributed by atoms with Gasteiger partial charge in [0.15, 0.2) is 0 Å². The zero-order chi connectivity index (χ0) is 10.6. The molecule has 0 spiro atoms. The van der Waals surface area contributed by atoms with Crippen LogP contribution >= 0.6 is 11.6 Å². The van der Waals surface area contributed by atoms with Crippen molar-refractivity contribution in [2.75, 3.05) is 7.11 Å². The van der Waals surface area contributed by atoms with Crippen LogP contribution in [0.2, 0.25) is 5.02 Å².